The fourth-order valence-electron chi connectivity index (χ4n) is 2.98. The zero-order chi connectivity index (χ0) is 19.6. The van der Waals surface area contributed by atoms with Crippen molar-refractivity contribution in [2.24, 2.45) is 0 Å². The molecule has 0 aliphatic carbocycles. The number of imidazole rings is 1. The van der Waals surface area contributed by atoms with E-state index in [0.29, 0.717) is 15.9 Å². The number of hydrogen-bond acceptors (Lipinski definition) is 5. The number of rotatable bonds is 7. The van der Waals surface area contributed by atoms with E-state index in [4.69, 9.17) is 38.7 Å². The molecule has 2 heterocycles. The predicted octanol–water partition coefficient (Wildman–Crippen LogP) is 5.52. The average Bonchev–Trinajstić information content (AvgIpc) is 3.03. The van der Waals surface area contributed by atoms with E-state index >= 15 is 0 Å². The number of aryl methyl sites for hydroxylation is 2. The number of pyridine rings is 1. The average molecular weight is 425 g/mol. The van der Waals surface area contributed by atoms with Gasteiger partial charge >= 0.3 is 0 Å². The van der Waals surface area contributed by atoms with Gasteiger partial charge in [0.2, 0.25) is 0 Å². The monoisotopic (exact) mass is 424 g/mol. The largest absolute Gasteiger partial charge is 0.382 e. The number of nitrogens with two attached hydrogens (primary N) is 1. The van der Waals surface area contributed by atoms with Crippen molar-refractivity contribution in [1.29, 1.82) is 0 Å². The molecule has 5 nitrogen and oxygen atoms in total. The third-order valence-electron chi connectivity index (χ3n) is 4.41. The predicted molar refractivity (Wildman–Crippen MR) is 114 cm³/mol. The molecule has 0 aliphatic heterocycles. The molecule has 1 unspecified atom stereocenters. The highest BCUT2D eigenvalue weighted by atomic mass is 35.5. The summed E-state index contributed by atoms with van der Waals surface area (Å²) in [7, 11) is 1.68. The third-order valence-corrected chi connectivity index (χ3v) is 6.22. The molecule has 0 spiro atoms. The third kappa shape index (κ3) is 4.35. The second kappa shape index (κ2) is 8.69. The molecule has 2 N–H and O–H groups in total. The van der Waals surface area contributed by atoms with Crippen LogP contribution in [0.15, 0.2) is 29.3 Å². The highest BCUT2D eigenvalue weighted by molar-refractivity contribution is 7.99. The van der Waals surface area contributed by atoms with Crippen LogP contribution >= 0.6 is 35.0 Å². The molecule has 0 saturated heterocycles. The molecular weight excluding hydrogens is 403 g/mol. The van der Waals surface area contributed by atoms with Crippen LogP contribution in [0.1, 0.15) is 30.8 Å². The van der Waals surface area contributed by atoms with Gasteiger partial charge in [0.25, 0.3) is 0 Å². The maximum Gasteiger partial charge on any atom is 0.151 e. The fraction of sp³-hybridized carbons (Fsp3) is 0.368. The van der Waals surface area contributed by atoms with Gasteiger partial charge in [-0.25, -0.2) is 9.97 Å². The first-order valence-electron chi connectivity index (χ1n) is 8.64. The van der Waals surface area contributed by atoms with Gasteiger partial charge in [0, 0.05) is 29.8 Å². The standard InChI is InChI=1S/C19H22Cl2N4OS/c1-11-10-23-18(22)16-17(11)25(19(24-16)12(2)26-3)7-4-8-27-15-6-5-13(20)9-14(15)21/h5-6,9-10,12H,4,7-8H2,1-3H3,(H2,22,23). The van der Waals surface area contributed by atoms with Crippen molar-refractivity contribution in [3.8, 4) is 0 Å². The minimum Gasteiger partial charge on any atom is -0.382 e. The number of ether oxygens (including phenoxy) is 1. The van der Waals surface area contributed by atoms with E-state index in [1.165, 1.54) is 0 Å². The summed E-state index contributed by atoms with van der Waals surface area (Å²) >= 11 is 13.9. The molecule has 0 amide bonds. The van der Waals surface area contributed by atoms with E-state index in [9.17, 15) is 0 Å². The van der Waals surface area contributed by atoms with Crippen LogP contribution in [0, 0.1) is 6.92 Å². The molecule has 3 aromatic rings. The Balaban J connectivity index is 1.80. The van der Waals surface area contributed by atoms with Gasteiger partial charge in [-0.3, -0.25) is 0 Å². The minimum atomic E-state index is -0.130. The topological polar surface area (TPSA) is 66.0 Å². The van der Waals surface area contributed by atoms with Gasteiger partial charge in [0.05, 0.1) is 10.5 Å². The number of hydrogen-bond donors (Lipinski definition) is 1. The molecule has 1 aromatic carbocycles. The van der Waals surface area contributed by atoms with Gasteiger partial charge < -0.3 is 15.0 Å². The van der Waals surface area contributed by atoms with Crippen LogP contribution in [0.25, 0.3) is 11.0 Å². The zero-order valence-electron chi connectivity index (χ0n) is 15.5. The van der Waals surface area contributed by atoms with Crippen molar-refractivity contribution in [2.45, 2.75) is 37.8 Å². The van der Waals surface area contributed by atoms with Crippen LogP contribution < -0.4 is 5.73 Å². The number of thioether (sulfide) groups is 1. The van der Waals surface area contributed by atoms with Crippen molar-refractivity contribution < 1.29 is 4.74 Å². The summed E-state index contributed by atoms with van der Waals surface area (Å²) < 4.78 is 7.70. The lowest BCUT2D eigenvalue weighted by Gasteiger charge is -2.14. The SMILES string of the molecule is COC(C)c1nc2c(N)ncc(C)c2n1CCCSc1ccc(Cl)cc1Cl. The number of fused-ring (bicyclic) bond motifs is 1. The lowest BCUT2D eigenvalue weighted by molar-refractivity contribution is 0.109. The Morgan fingerprint density at radius 2 is 2.11 bits per heavy atom. The molecule has 27 heavy (non-hydrogen) atoms. The second-order valence-corrected chi connectivity index (χ2v) is 8.28. The maximum absolute atomic E-state index is 6.25. The molecule has 8 heteroatoms. The van der Waals surface area contributed by atoms with E-state index in [-0.39, 0.29) is 6.10 Å². The number of nitrogens with zero attached hydrogens (tertiary/aromatic N) is 3. The van der Waals surface area contributed by atoms with E-state index in [1.807, 2.05) is 26.0 Å². The second-order valence-electron chi connectivity index (χ2n) is 6.30. The summed E-state index contributed by atoms with van der Waals surface area (Å²) in [5.41, 5.74) is 8.86. The van der Waals surface area contributed by atoms with Gasteiger partial charge in [-0.15, -0.1) is 11.8 Å². The van der Waals surface area contributed by atoms with Gasteiger partial charge in [0.15, 0.2) is 5.82 Å². The van der Waals surface area contributed by atoms with Crippen LogP contribution in [-0.2, 0) is 11.3 Å². The molecule has 0 radical (unpaired) electrons. The summed E-state index contributed by atoms with van der Waals surface area (Å²) in [6, 6.07) is 5.58. The number of halogens is 2. The zero-order valence-corrected chi connectivity index (χ0v) is 17.8. The molecule has 0 bridgehead atoms. The molecule has 0 fully saturated rings. The Morgan fingerprint density at radius 1 is 1.33 bits per heavy atom. The Morgan fingerprint density at radius 3 is 2.81 bits per heavy atom. The normalized spacial score (nSPS) is 12.6. The van der Waals surface area contributed by atoms with E-state index in [0.717, 1.165) is 46.0 Å². The first-order chi connectivity index (χ1) is 12.9. The van der Waals surface area contributed by atoms with Crippen molar-refractivity contribution in [3.05, 3.63) is 45.8 Å². The highest BCUT2D eigenvalue weighted by Gasteiger charge is 2.19. The molecule has 0 saturated carbocycles. The first kappa shape index (κ1) is 20.3. The quantitative estimate of drug-likeness (QED) is 0.399. The number of nitrogen functional groups attached to an aromatic ring is 1. The molecule has 2 aromatic heterocycles. The number of benzene rings is 1. The van der Waals surface area contributed by atoms with Gasteiger partial charge in [0.1, 0.15) is 17.4 Å². The van der Waals surface area contributed by atoms with Crippen LogP contribution in [0.2, 0.25) is 10.0 Å². The van der Waals surface area contributed by atoms with Crippen LogP contribution in [0.4, 0.5) is 5.82 Å². The summed E-state index contributed by atoms with van der Waals surface area (Å²) in [5.74, 6) is 2.23. The van der Waals surface area contributed by atoms with Crippen molar-refractivity contribution >= 4 is 51.8 Å². The number of aromatic nitrogens is 3. The van der Waals surface area contributed by atoms with Crippen LogP contribution in [0.3, 0.4) is 0 Å². The van der Waals surface area contributed by atoms with Crippen molar-refractivity contribution in [3.63, 3.8) is 0 Å². The lowest BCUT2D eigenvalue weighted by Crippen LogP contribution is -2.10. The lowest BCUT2D eigenvalue weighted by atomic mass is 10.2. The molecule has 1 atom stereocenters. The van der Waals surface area contributed by atoms with Gasteiger partial charge in [-0.05, 0) is 49.8 Å². The number of methoxy groups -OCH3 is 1. The maximum atomic E-state index is 6.25. The van der Waals surface area contributed by atoms with Gasteiger partial charge in [-0.1, -0.05) is 23.2 Å². The van der Waals surface area contributed by atoms with E-state index < -0.39 is 0 Å². The summed E-state index contributed by atoms with van der Waals surface area (Å²) in [6.45, 7) is 4.82. The van der Waals surface area contributed by atoms with Crippen molar-refractivity contribution in [1.82, 2.24) is 14.5 Å². The van der Waals surface area contributed by atoms with E-state index in [1.54, 1.807) is 31.1 Å². The highest BCUT2D eigenvalue weighted by Crippen LogP contribution is 2.31. The number of anilines is 1. The molecule has 0 aliphatic rings. The van der Waals surface area contributed by atoms with Crippen LogP contribution in [-0.4, -0.2) is 27.4 Å². The van der Waals surface area contributed by atoms with Crippen LogP contribution in [0.5, 0.6) is 0 Å². The Kier molecular flexibility index (Phi) is 6.52. The fourth-order valence-corrected chi connectivity index (χ4v) is 4.40. The first-order valence-corrected chi connectivity index (χ1v) is 10.4. The Hall–Kier alpha value is -1.47. The Labute approximate surface area is 173 Å². The van der Waals surface area contributed by atoms with Crippen molar-refractivity contribution in [2.75, 3.05) is 18.6 Å². The minimum absolute atomic E-state index is 0.130. The summed E-state index contributed by atoms with van der Waals surface area (Å²) in [5, 5.41) is 1.33. The Bertz CT molecular complexity index is 961. The summed E-state index contributed by atoms with van der Waals surface area (Å²) in [6.07, 6.45) is 2.61. The smallest absolute Gasteiger partial charge is 0.151 e. The van der Waals surface area contributed by atoms with Gasteiger partial charge in [-0.2, -0.15) is 0 Å². The molecule has 144 valence electrons. The molecule has 3 rings (SSSR count). The van der Waals surface area contributed by atoms with E-state index in [2.05, 4.69) is 9.55 Å². The summed E-state index contributed by atoms with van der Waals surface area (Å²) in [4.78, 5) is 9.98. The molecular formula is C19H22Cl2N4OS.